The molecule has 0 aliphatic rings. The SMILES string of the molecule is C=C(C)C#N.C=C(C)CC.CC/C=C(\C)N=C(C)CC.CC/C=C/C(=C\CC)[C@H](C)c1[nH]c2ccc(Cl)cc2c1CCCC.CCCOCCC. The fourth-order valence-corrected chi connectivity index (χ4v) is 4.56. The lowest BCUT2D eigenvalue weighted by Gasteiger charge is -2.15. The smallest absolute Gasteiger partial charge is 0.0937 e. The van der Waals surface area contributed by atoms with Crippen LogP contribution in [0.25, 0.3) is 10.9 Å². The molecular weight excluding hydrogens is 646 g/mol. The molecule has 1 atom stereocenters. The number of unbranched alkanes of at least 4 members (excludes halogenated alkanes) is 1. The first kappa shape index (κ1) is 52.2. The number of rotatable bonds is 16. The number of nitrogens with zero attached hydrogens (tertiary/aromatic N) is 2. The number of nitriles is 1. The molecule has 0 aliphatic carbocycles. The van der Waals surface area contributed by atoms with Gasteiger partial charge in [0.15, 0.2) is 0 Å². The maximum absolute atomic E-state index is 7.79. The molecule has 1 heterocycles. The van der Waals surface area contributed by atoms with E-state index in [0.29, 0.717) is 11.5 Å². The molecule has 1 N–H and O–H groups in total. The Labute approximate surface area is 320 Å². The van der Waals surface area contributed by atoms with Gasteiger partial charge in [0.2, 0.25) is 0 Å². The van der Waals surface area contributed by atoms with E-state index in [0.717, 1.165) is 75.3 Å². The van der Waals surface area contributed by atoms with Crippen molar-refractivity contribution < 1.29 is 4.74 Å². The third-order valence-corrected chi connectivity index (χ3v) is 7.71. The summed E-state index contributed by atoms with van der Waals surface area (Å²) in [6.45, 7) is 36.2. The summed E-state index contributed by atoms with van der Waals surface area (Å²) in [6.07, 6.45) is 20.2. The number of aromatic nitrogens is 1. The van der Waals surface area contributed by atoms with E-state index in [2.05, 4.69) is 129 Å². The molecule has 4 nitrogen and oxygen atoms in total. The number of aliphatic imine (C=N–C) groups is 1. The predicted octanol–water partition coefficient (Wildman–Crippen LogP) is 15.6. The Morgan fingerprint density at radius 1 is 0.902 bits per heavy atom. The molecule has 1 aromatic heterocycles. The molecule has 0 radical (unpaired) electrons. The molecule has 0 unspecified atom stereocenters. The van der Waals surface area contributed by atoms with Crippen molar-refractivity contribution in [2.24, 2.45) is 4.99 Å². The Hall–Kier alpha value is -3.13. The van der Waals surface area contributed by atoms with Crippen LogP contribution in [0.3, 0.4) is 0 Å². The monoisotopic (exact) mass is 722 g/mol. The van der Waals surface area contributed by atoms with Crippen molar-refractivity contribution in [1.82, 2.24) is 4.98 Å². The molecule has 0 fully saturated rings. The quantitative estimate of drug-likeness (QED) is 0.0616. The average Bonchev–Trinajstić information content (AvgIpc) is 3.47. The molecule has 1 aromatic carbocycles. The van der Waals surface area contributed by atoms with E-state index < -0.39 is 0 Å². The molecule has 0 aliphatic heterocycles. The van der Waals surface area contributed by atoms with Crippen LogP contribution in [0.5, 0.6) is 0 Å². The first-order valence-corrected chi connectivity index (χ1v) is 19.8. The fraction of sp³-hybridized carbons (Fsp3) is 0.565. The van der Waals surface area contributed by atoms with Crippen molar-refractivity contribution in [2.75, 3.05) is 13.2 Å². The Balaban J connectivity index is -0.000000699. The zero-order valence-electron chi connectivity index (χ0n) is 35.2. The molecule has 0 spiro atoms. The van der Waals surface area contributed by atoms with Gasteiger partial charge >= 0.3 is 0 Å². The molecule has 0 bridgehead atoms. The molecule has 0 saturated heterocycles. The number of hydrogen-bond donors (Lipinski definition) is 1. The molecule has 2 aromatic rings. The Morgan fingerprint density at radius 3 is 1.90 bits per heavy atom. The van der Waals surface area contributed by atoms with Gasteiger partial charge in [-0.2, -0.15) is 5.26 Å². The van der Waals surface area contributed by atoms with Crippen LogP contribution in [-0.2, 0) is 11.2 Å². The molecule has 0 amide bonds. The van der Waals surface area contributed by atoms with Crippen molar-refractivity contribution in [3.63, 3.8) is 0 Å². The lowest BCUT2D eigenvalue weighted by Crippen LogP contribution is -2.01. The maximum Gasteiger partial charge on any atom is 0.0937 e. The Bertz CT molecular complexity index is 1360. The van der Waals surface area contributed by atoms with Crippen molar-refractivity contribution in [3.05, 3.63) is 94.4 Å². The molecule has 51 heavy (non-hydrogen) atoms. The average molecular weight is 723 g/mol. The van der Waals surface area contributed by atoms with Crippen LogP contribution >= 0.6 is 11.6 Å². The third-order valence-electron chi connectivity index (χ3n) is 7.47. The van der Waals surface area contributed by atoms with Gasteiger partial charge < -0.3 is 9.72 Å². The lowest BCUT2D eigenvalue weighted by molar-refractivity contribution is 0.135. The second kappa shape index (κ2) is 35.3. The number of aromatic amines is 1. The minimum atomic E-state index is 0.366. The number of ether oxygens (including phenoxy) is 1. The summed E-state index contributed by atoms with van der Waals surface area (Å²) in [5.74, 6) is 0.366. The zero-order chi connectivity index (χ0) is 39.6. The van der Waals surface area contributed by atoms with Gasteiger partial charge in [0, 0.05) is 57.7 Å². The van der Waals surface area contributed by atoms with E-state index in [9.17, 15) is 0 Å². The van der Waals surface area contributed by atoms with Crippen LogP contribution in [0.15, 0.2) is 83.1 Å². The summed E-state index contributed by atoms with van der Waals surface area (Å²) in [4.78, 5) is 8.04. The van der Waals surface area contributed by atoms with E-state index in [-0.39, 0.29) is 0 Å². The summed E-state index contributed by atoms with van der Waals surface area (Å²) in [7, 11) is 0. The minimum Gasteiger partial charge on any atom is -0.381 e. The van der Waals surface area contributed by atoms with Crippen molar-refractivity contribution in [1.29, 1.82) is 5.26 Å². The highest BCUT2D eigenvalue weighted by molar-refractivity contribution is 6.31. The van der Waals surface area contributed by atoms with Crippen LogP contribution in [0.1, 0.15) is 165 Å². The molecule has 288 valence electrons. The van der Waals surface area contributed by atoms with Gasteiger partial charge in [0.1, 0.15) is 0 Å². The first-order valence-electron chi connectivity index (χ1n) is 19.4. The number of nitrogens with one attached hydrogen (secondary N) is 1. The molecule has 5 heteroatoms. The van der Waals surface area contributed by atoms with Crippen molar-refractivity contribution >= 4 is 28.2 Å². The second-order valence-corrected chi connectivity index (χ2v) is 13.2. The van der Waals surface area contributed by atoms with Crippen molar-refractivity contribution in [3.8, 4) is 6.07 Å². The van der Waals surface area contributed by atoms with Gasteiger partial charge in [-0.05, 0) is 115 Å². The third kappa shape index (κ3) is 28.2. The van der Waals surface area contributed by atoms with E-state index in [1.54, 1.807) is 6.92 Å². The number of benzene rings is 1. The predicted molar refractivity (Wildman–Crippen MR) is 233 cm³/mol. The van der Waals surface area contributed by atoms with Crippen LogP contribution in [-0.4, -0.2) is 23.9 Å². The number of fused-ring (bicyclic) bond motifs is 1. The van der Waals surface area contributed by atoms with Crippen LogP contribution in [0.2, 0.25) is 5.02 Å². The highest BCUT2D eigenvalue weighted by Gasteiger charge is 2.18. The number of H-pyrrole nitrogens is 1. The highest BCUT2D eigenvalue weighted by Crippen LogP contribution is 2.34. The number of aryl methyl sites for hydroxylation is 1. The van der Waals surface area contributed by atoms with Crippen molar-refractivity contribution in [2.45, 2.75) is 160 Å². The van der Waals surface area contributed by atoms with E-state index >= 15 is 0 Å². The number of hydrogen-bond acceptors (Lipinski definition) is 3. The Morgan fingerprint density at radius 2 is 1.47 bits per heavy atom. The molecular formula is C46H76ClN3O. The van der Waals surface area contributed by atoms with Crippen LogP contribution in [0, 0.1) is 11.3 Å². The lowest BCUT2D eigenvalue weighted by atomic mass is 9.91. The number of allylic oxidation sites excluding steroid dienone is 8. The summed E-state index contributed by atoms with van der Waals surface area (Å²) >= 11 is 6.26. The largest absolute Gasteiger partial charge is 0.381 e. The zero-order valence-corrected chi connectivity index (χ0v) is 36.0. The van der Waals surface area contributed by atoms with Gasteiger partial charge in [-0.15, -0.1) is 6.58 Å². The molecule has 2 rings (SSSR count). The number of halogens is 1. The van der Waals surface area contributed by atoms with Crippen LogP contribution in [0.4, 0.5) is 0 Å². The van der Waals surface area contributed by atoms with Gasteiger partial charge in [0.25, 0.3) is 0 Å². The summed E-state index contributed by atoms with van der Waals surface area (Å²) in [5.41, 5.74) is 9.55. The van der Waals surface area contributed by atoms with Crippen LogP contribution < -0.4 is 0 Å². The summed E-state index contributed by atoms with van der Waals surface area (Å²) in [5, 5.41) is 9.89. The second-order valence-electron chi connectivity index (χ2n) is 12.7. The highest BCUT2D eigenvalue weighted by atomic mass is 35.5. The van der Waals surface area contributed by atoms with Gasteiger partial charge in [-0.1, -0.05) is 117 Å². The van der Waals surface area contributed by atoms with Gasteiger partial charge in [-0.25, -0.2) is 0 Å². The Kier molecular flexibility index (Phi) is 36.1. The van der Waals surface area contributed by atoms with E-state index in [4.69, 9.17) is 21.6 Å². The first-order chi connectivity index (χ1) is 24.3. The normalized spacial score (nSPS) is 11.9. The summed E-state index contributed by atoms with van der Waals surface area (Å²) in [6, 6.07) is 8.02. The van der Waals surface area contributed by atoms with Gasteiger partial charge in [0.05, 0.1) is 6.07 Å². The van der Waals surface area contributed by atoms with Gasteiger partial charge in [-0.3, -0.25) is 4.99 Å². The topological polar surface area (TPSA) is 61.2 Å². The van der Waals surface area contributed by atoms with E-state index in [1.165, 1.54) is 51.9 Å². The minimum absolute atomic E-state index is 0.366. The fourth-order valence-electron chi connectivity index (χ4n) is 4.39. The standard InChI is InChI=1S/C22H30ClN.C9H17N.C6H14O.C5H10.C4H5N/c1-5-8-11-17(10-7-3)16(4)22-19(12-9-6-2)20-15-18(23)13-14-21(20)24-22;1-5-7-9(4)10-8(3)6-2;1-3-5-7-6-4-2;1-4-5(2)3;1-4(2)3-5/h8,10-11,13-16,24H,5-7,9,12H2,1-4H3;7H,5-6H2,1-4H3;3-6H2,1-2H3;2,4H2,1,3H3;1H2,2H3/b11-8+,17-10+;9-7+,10-8?;;;/t16-;;;;/m0..../s1. The van der Waals surface area contributed by atoms with E-state index in [1.807, 2.05) is 26.0 Å². The maximum atomic E-state index is 7.79. The summed E-state index contributed by atoms with van der Waals surface area (Å²) < 4.78 is 5.13. The molecule has 0 saturated carbocycles.